The van der Waals surface area contributed by atoms with Crippen molar-refractivity contribution >= 4 is 29.1 Å². The first-order valence-electron chi connectivity index (χ1n) is 10.5. The van der Waals surface area contributed by atoms with E-state index in [-0.39, 0.29) is 11.3 Å². The van der Waals surface area contributed by atoms with Gasteiger partial charge in [-0.2, -0.15) is 0 Å². The molecular formula is C24H25ClN2O5. The predicted molar refractivity (Wildman–Crippen MR) is 121 cm³/mol. The standard InChI is InChI=1S/C24H25ClN2O5/c1-31-19-8-4-16(5-9-19)21-20(22(28)17-2-6-18(25)7-3-17)23(29)24(30)27(21)11-10-26-12-14-32-15-13-26/h2-9,21,28H,10-15H2,1H3/b22-20+. The zero-order valence-electron chi connectivity index (χ0n) is 17.8. The number of hydrogen-bond donors (Lipinski definition) is 1. The molecule has 0 spiro atoms. The van der Waals surface area contributed by atoms with E-state index >= 15 is 0 Å². The Morgan fingerprint density at radius 2 is 1.72 bits per heavy atom. The van der Waals surface area contributed by atoms with Crippen LogP contribution in [0.5, 0.6) is 5.75 Å². The molecule has 7 nitrogen and oxygen atoms in total. The van der Waals surface area contributed by atoms with Crippen molar-refractivity contribution < 1.29 is 24.2 Å². The highest BCUT2D eigenvalue weighted by Crippen LogP contribution is 2.39. The van der Waals surface area contributed by atoms with Crippen LogP contribution in [-0.4, -0.2) is 73.1 Å². The first kappa shape index (κ1) is 22.3. The Bertz CT molecular complexity index is 1010. The van der Waals surface area contributed by atoms with Gasteiger partial charge in [0, 0.05) is 36.8 Å². The number of morpholine rings is 1. The molecule has 1 amide bonds. The average Bonchev–Trinajstić information content (AvgIpc) is 3.08. The molecule has 2 fully saturated rings. The number of carbonyl (C=O) groups is 2. The van der Waals surface area contributed by atoms with E-state index in [9.17, 15) is 14.7 Å². The van der Waals surface area contributed by atoms with Crippen LogP contribution in [0.3, 0.4) is 0 Å². The molecule has 2 heterocycles. The summed E-state index contributed by atoms with van der Waals surface area (Å²) in [4.78, 5) is 29.8. The number of aliphatic hydroxyl groups excluding tert-OH is 1. The Kier molecular flexibility index (Phi) is 6.79. The van der Waals surface area contributed by atoms with Gasteiger partial charge in [0.2, 0.25) is 0 Å². The van der Waals surface area contributed by atoms with Crippen molar-refractivity contribution in [1.29, 1.82) is 0 Å². The van der Waals surface area contributed by atoms with E-state index in [4.69, 9.17) is 21.1 Å². The van der Waals surface area contributed by atoms with Crippen molar-refractivity contribution in [2.24, 2.45) is 0 Å². The Morgan fingerprint density at radius 1 is 1.06 bits per heavy atom. The van der Waals surface area contributed by atoms with Crippen LogP contribution in [0.25, 0.3) is 5.76 Å². The Balaban J connectivity index is 1.72. The molecule has 2 aliphatic heterocycles. The van der Waals surface area contributed by atoms with Gasteiger partial charge < -0.3 is 19.5 Å². The van der Waals surface area contributed by atoms with Gasteiger partial charge in [0.05, 0.1) is 31.9 Å². The van der Waals surface area contributed by atoms with Gasteiger partial charge in [-0.05, 0) is 42.0 Å². The summed E-state index contributed by atoms with van der Waals surface area (Å²) < 4.78 is 10.6. The third-order valence-electron chi connectivity index (χ3n) is 5.85. The van der Waals surface area contributed by atoms with Gasteiger partial charge in [-0.25, -0.2) is 0 Å². The molecule has 4 rings (SSSR count). The lowest BCUT2D eigenvalue weighted by Crippen LogP contribution is -2.42. The molecule has 0 radical (unpaired) electrons. The van der Waals surface area contributed by atoms with E-state index in [0.29, 0.717) is 42.6 Å². The zero-order valence-corrected chi connectivity index (χ0v) is 18.5. The molecular weight excluding hydrogens is 432 g/mol. The number of nitrogens with zero attached hydrogens (tertiary/aromatic N) is 2. The highest BCUT2D eigenvalue weighted by atomic mass is 35.5. The number of hydrogen-bond acceptors (Lipinski definition) is 6. The summed E-state index contributed by atoms with van der Waals surface area (Å²) >= 11 is 5.97. The molecule has 1 atom stereocenters. The van der Waals surface area contributed by atoms with E-state index in [1.807, 2.05) is 12.1 Å². The number of benzene rings is 2. The van der Waals surface area contributed by atoms with Crippen LogP contribution in [0.1, 0.15) is 17.2 Å². The third-order valence-corrected chi connectivity index (χ3v) is 6.10. The number of Topliss-reactive ketones (excluding diaryl/α,β-unsaturated/α-hetero) is 1. The fourth-order valence-corrected chi connectivity index (χ4v) is 4.21. The van der Waals surface area contributed by atoms with Crippen molar-refractivity contribution in [3.05, 3.63) is 70.3 Å². The molecule has 2 saturated heterocycles. The van der Waals surface area contributed by atoms with Crippen LogP contribution < -0.4 is 4.74 Å². The van der Waals surface area contributed by atoms with Crippen molar-refractivity contribution in [3.63, 3.8) is 0 Å². The Morgan fingerprint density at radius 3 is 2.34 bits per heavy atom. The van der Waals surface area contributed by atoms with Crippen LogP contribution >= 0.6 is 11.6 Å². The minimum Gasteiger partial charge on any atom is -0.507 e. The van der Waals surface area contributed by atoms with Gasteiger partial charge >= 0.3 is 0 Å². The number of carbonyl (C=O) groups excluding carboxylic acids is 2. The number of amides is 1. The van der Waals surface area contributed by atoms with Crippen molar-refractivity contribution in [3.8, 4) is 5.75 Å². The topological polar surface area (TPSA) is 79.3 Å². The molecule has 0 aliphatic carbocycles. The largest absolute Gasteiger partial charge is 0.507 e. The monoisotopic (exact) mass is 456 g/mol. The lowest BCUT2D eigenvalue weighted by molar-refractivity contribution is -0.140. The first-order valence-corrected chi connectivity index (χ1v) is 10.9. The summed E-state index contributed by atoms with van der Waals surface area (Å²) in [6.07, 6.45) is 0. The van der Waals surface area contributed by atoms with E-state index in [1.165, 1.54) is 0 Å². The van der Waals surface area contributed by atoms with Gasteiger partial charge in [-0.1, -0.05) is 23.7 Å². The highest BCUT2D eigenvalue weighted by Gasteiger charge is 2.46. The van der Waals surface area contributed by atoms with Gasteiger partial charge in [0.25, 0.3) is 11.7 Å². The zero-order chi connectivity index (χ0) is 22.7. The van der Waals surface area contributed by atoms with Gasteiger partial charge in [-0.3, -0.25) is 14.5 Å². The molecule has 2 aromatic carbocycles. The lowest BCUT2D eigenvalue weighted by Gasteiger charge is -2.31. The van der Waals surface area contributed by atoms with Crippen molar-refractivity contribution in [2.75, 3.05) is 46.5 Å². The summed E-state index contributed by atoms with van der Waals surface area (Å²) in [5.74, 6) is -0.860. The second-order valence-electron chi connectivity index (χ2n) is 7.73. The average molecular weight is 457 g/mol. The molecule has 1 unspecified atom stereocenters. The number of rotatable bonds is 6. The Hall–Kier alpha value is -2.87. The summed E-state index contributed by atoms with van der Waals surface area (Å²) in [6, 6.07) is 13.0. The molecule has 8 heteroatoms. The van der Waals surface area contributed by atoms with Crippen LogP contribution in [0.4, 0.5) is 0 Å². The summed E-state index contributed by atoms with van der Waals surface area (Å²) in [7, 11) is 1.57. The molecule has 0 saturated carbocycles. The second kappa shape index (κ2) is 9.73. The maximum absolute atomic E-state index is 13.1. The van der Waals surface area contributed by atoms with E-state index in [1.54, 1.807) is 48.4 Å². The number of likely N-dealkylation sites (tertiary alicyclic amines) is 1. The number of methoxy groups -OCH3 is 1. The molecule has 2 aliphatic rings. The summed E-state index contributed by atoms with van der Waals surface area (Å²) in [5, 5.41) is 11.6. The number of halogens is 1. The molecule has 0 aromatic heterocycles. The fourth-order valence-electron chi connectivity index (χ4n) is 4.08. The smallest absolute Gasteiger partial charge is 0.295 e. The number of ketones is 1. The van der Waals surface area contributed by atoms with Crippen molar-refractivity contribution in [1.82, 2.24) is 9.80 Å². The van der Waals surface area contributed by atoms with Crippen LogP contribution in [0.15, 0.2) is 54.1 Å². The quantitative estimate of drug-likeness (QED) is 0.409. The molecule has 32 heavy (non-hydrogen) atoms. The van der Waals surface area contributed by atoms with Crippen molar-refractivity contribution in [2.45, 2.75) is 6.04 Å². The maximum atomic E-state index is 13.1. The van der Waals surface area contributed by atoms with Gasteiger partial charge in [0.1, 0.15) is 11.5 Å². The second-order valence-corrected chi connectivity index (χ2v) is 8.16. The number of aliphatic hydroxyl groups is 1. The fraction of sp³-hybridized carbons (Fsp3) is 0.333. The first-order chi connectivity index (χ1) is 15.5. The minimum atomic E-state index is -0.697. The van der Waals surface area contributed by atoms with E-state index in [0.717, 1.165) is 18.7 Å². The molecule has 1 N–H and O–H groups in total. The minimum absolute atomic E-state index is 0.0736. The normalized spacial score (nSPS) is 21.2. The third kappa shape index (κ3) is 4.50. The number of ether oxygens (including phenoxy) is 2. The maximum Gasteiger partial charge on any atom is 0.295 e. The van der Waals surface area contributed by atoms with E-state index in [2.05, 4.69) is 4.90 Å². The van der Waals surface area contributed by atoms with Crippen LogP contribution in [-0.2, 0) is 14.3 Å². The molecule has 0 bridgehead atoms. The van der Waals surface area contributed by atoms with Crippen LogP contribution in [0.2, 0.25) is 5.02 Å². The summed E-state index contributed by atoms with van der Waals surface area (Å²) in [6.45, 7) is 3.83. The highest BCUT2D eigenvalue weighted by molar-refractivity contribution is 6.46. The SMILES string of the molecule is COc1ccc(C2/C(=C(\O)c3ccc(Cl)cc3)C(=O)C(=O)N2CCN2CCOCC2)cc1. The summed E-state index contributed by atoms with van der Waals surface area (Å²) in [5.41, 5.74) is 1.23. The van der Waals surface area contributed by atoms with Crippen LogP contribution in [0, 0.1) is 0 Å². The molecule has 2 aromatic rings. The Labute approximate surface area is 191 Å². The molecule has 168 valence electrons. The van der Waals surface area contributed by atoms with Gasteiger partial charge in [-0.15, -0.1) is 0 Å². The van der Waals surface area contributed by atoms with E-state index < -0.39 is 17.7 Å². The predicted octanol–water partition coefficient (Wildman–Crippen LogP) is 3.10. The van der Waals surface area contributed by atoms with Gasteiger partial charge in [0.15, 0.2) is 0 Å². The lowest BCUT2D eigenvalue weighted by atomic mass is 9.95.